The third-order valence-corrected chi connectivity index (χ3v) is 5.03. The molecule has 116 valence electrons. The Morgan fingerprint density at radius 3 is 2.10 bits per heavy atom. The van der Waals surface area contributed by atoms with Gasteiger partial charge in [-0.3, -0.25) is 10.1 Å². The SMILES string of the molecule is COC(=O)C1(NCC(F)(F)F)CCC2(CCCC2)CC1. The molecular formula is C14H22F3NO2. The number of hydrogen-bond acceptors (Lipinski definition) is 3. The molecule has 0 radical (unpaired) electrons. The summed E-state index contributed by atoms with van der Waals surface area (Å²) in [5.41, 5.74) is -0.893. The van der Waals surface area contributed by atoms with E-state index in [9.17, 15) is 18.0 Å². The normalized spacial score (nSPS) is 24.8. The van der Waals surface area contributed by atoms with Crippen molar-refractivity contribution in [1.82, 2.24) is 5.32 Å². The van der Waals surface area contributed by atoms with E-state index in [1.807, 2.05) is 0 Å². The highest BCUT2D eigenvalue weighted by Crippen LogP contribution is 2.51. The fraction of sp³-hybridized carbons (Fsp3) is 0.929. The molecule has 0 heterocycles. The molecule has 6 heteroatoms. The number of alkyl halides is 3. The lowest BCUT2D eigenvalue weighted by Crippen LogP contribution is -2.58. The molecule has 0 aromatic carbocycles. The number of carbonyl (C=O) groups excluding carboxylic acids is 1. The summed E-state index contributed by atoms with van der Waals surface area (Å²) >= 11 is 0. The first kappa shape index (κ1) is 15.6. The number of nitrogens with one attached hydrogen (secondary N) is 1. The number of carbonyl (C=O) groups is 1. The van der Waals surface area contributed by atoms with Crippen molar-refractivity contribution < 1.29 is 22.7 Å². The van der Waals surface area contributed by atoms with Crippen LogP contribution in [-0.2, 0) is 9.53 Å². The van der Waals surface area contributed by atoms with Crippen LogP contribution in [0.25, 0.3) is 0 Å². The molecule has 1 N–H and O–H groups in total. The second-order valence-corrected chi connectivity index (χ2v) is 6.25. The lowest BCUT2D eigenvalue weighted by atomic mass is 9.66. The van der Waals surface area contributed by atoms with Gasteiger partial charge in [0.2, 0.25) is 0 Å². The van der Waals surface area contributed by atoms with Crippen LogP contribution in [0.2, 0.25) is 0 Å². The maximum atomic E-state index is 12.4. The summed E-state index contributed by atoms with van der Waals surface area (Å²) in [7, 11) is 1.24. The first-order valence-electron chi connectivity index (χ1n) is 7.21. The Labute approximate surface area is 117 Å². The molecule has 0 amide bonds. The van der Waals surface area contributed by atoms with Crippen molar-refractivity contribution >= 4 is 5.97 Å². The Kier molecular flexibility index (Phi) is 4.33. The second kappa shape index (κ2) is 5.54. The van der Waals surface area contributed by atoms with Crippen molar-refractivity contribution in [1.29, 1.82) is 0 Å². The maximum absolute atomic E-state index is 12.4. The minimum Gasteiger partial charge on any atom is -0.468 e. The number of halogens is 3. The summed E-state index contributed by atoms with van der Waals surface area (Å²) in [5.74, 6) is -0.561. The number of rotatable bonds is 3. The molecule has 2 aliphatic carbocycles. The van der Waals surface area contributed by atoms with Gasteiger partial charge in [-0.25, -0.2) is 0 Å². The van der Waals surface area contributed by atoms with Crippen LogP contribution in [0.3, 0.4) is 0 Å². The van der Waals surface area contributed by atoms with E-state index >= 15 is 0 Å². The zero-order valence-electron chi connectivity index (χ0n) is 11.8. The van der Waals surface area contributed by atoms with Crippen molar-refractivity contribution in [3.8, 4) is 0 Å². The molecule has 0 aromatic heterocycles. The monoisotopic (exact) mass is 293 g/mol. The van der Waals surface area contributed by atoms with E-state index < -0.39 is 24.2 Å². The molecule has 2 saturated carbocycles. The quantitative estimate of drug-likeness (QED) is 0.812. The summed E-state index contributed by atoms with van der Waals surface area (Å²) < 4.78 is 42.0. The molecule has 0 bridgehead atoms. The van der Waals surface area contributed by atoms with Crippen LogP contribution in [0.4, 0.5) is 13.2 Å². The highest BCUT2D eigenvalue weighted by atomic mass is 19.4. The number of ether oxygens (including phenoxy) is 1. The van der Waals surface area contributed by atoms with Gasteiger partial charge in [-0.2, -0.15) is 13.2 Å². The van der Waals surface area contributed by atoms with Gasteiger partial charge in [0.25, 0.3) is 0 Å². The van der Waals surface area contributed by atoms with Crippen molar-refractivity contribution in [3.63, 3.8) is 0 Å². The summed E-state index contributed by atoms with van der Waals surface area (Å²) in [5, 5.41) is 2.43. The Hall–Kier alpha value is -0.780. The second-order valence-electron chi connectivity index (χ2n) is 6.25. The van der Waals surface area contributed by atoms with E-state index in [4.69, 9.17) is 4.74 Å². The smallest absolute Gasteiger partial charge is 0.401 e. The Bertz CT molecular complexity index is 352. The molecule has 20 heavy (non-hydrogen) atoms. The zero-order chi connectivity index (χ0) is 14.9. The minimum absolute atomic E-state index is 0.261. The fourth-order valence-electron chi connectivity index (χ4n) is 3.75. The van der Waals surface area contributed by atoms with E-state index in [2.05, 4.69) is 5.32 Å². The van der Waals surface area contributed by atoms with Crippen LogP contribution < -0.4 is 5.32 Å². The lowest BCUT2D eigenvalue weighted by molar-refractivity contribution is -0.157. The topological polar surface area (TPSA) is 38.3 Å². The predicted molar refractivity (Wildman–Crippen MR) is 68.2 cm³/mol. The number of hydrogen-bond donors (Lipinski definition) is 1. The van der Waals surface area contributed by atoms with Gasteiger partial charge in [-0.05, 0) is 43.9 Å². The van der Waals surface area contributed by atoms with Crippen LogP contribution >= 0.6 is 0 Å². The highest BCUT2D eigenvalue weighted by molar-refractivity contribution is 5.81. The van der Waals surface area contributed by atoms with Crippen LogP contribution in [0, 0.1) is 5.41 Å². The zero-order valence-corrected chi connectivity index (χ0v) is 11.8. The van der Waals surface area contributed by atoms with Gasteiger partial charge in [0.15, 0.2) is 0 Å². The molecule has 0 aromatic rings. The Balaban J connectivity index is 2.04. The molecule has 0 unspecified atom stereocenters. The maximum Gasteiger partial charge on any atom is 0.401 e. The van der Waals surface area contributed by atoms with Crippen LogP contribution in [0.1, 0.15) is 51.4 Å². The number of esters is 1. The standard InChI is InChI=1S/C14H22F3NO2/c1-20-11(19)13(18-10-14(15,16)17)8-6-12(7-9-13)4-2-3-5-12/h18H,2-10H2,1H3. The average Bonchev–Trinajstić information content (AvgIpc) is 2.85. The van der Waals surface area contributed by atoms with Crippen LogP contribution in [0.15, 0.2) is 0 Å². The van der Waals surface area contributed by atoms with Gasteiger partial charge >= 0.3 is 12.1 Å². The molecular weight excluding hydrogens is 271 g/mol. The third-order valence-electron chi connectivity index (χ3n) is 5.03. The number of methoxy groups -OCH3 is 1. The summed E-state index contributed by atoms with van der Waals surface area (Å²) in [4.78, 5) is 12.0. The van der Waals surface area contributed by atoms with Gasteiger partial charge in [0.05, 0.1) is 13.7 Å². The van der Waals surface area contributed by atoms with E-state index in [0.717, 1.165) is 25.7 Å². The molecule has 2 fully saturated rings. The fourth-order valence-corrected chi connectivity index (χ4v) is 3.75. The van der Waals surface area contributed by atoms with Gasteiger partial charge in [-0.1, -0.05) is 12.8 Å². The van der Waals surface area contributed by atoms with Gasteiger partial charge in [0.1, 0.15) is 5.54 Å². The van der Waals surface area contributed by atoms with Crippen molar-refractivity contribution in [2.45, 2.75) is 63.1 Å². The average molecular weight is 293 g/mol. The van der Waals surface area contributed by atoms with Gasteiger partial charge < -0.3 is 4.74 Å². The van der Waals surface area contributed by atoms with Crippen LogP contribution in [0.5, 0.6) is 0 Å². The molecule has 2 rings (SSSR count). The van der Waals surface area contributed by atoms with E-state index in [0.29, 0.717) is 12.8 Å². The molecule has 2 aliphatic rings. The van der Waals surface area contributed by atoms with Gasteiger partial charge in [-0.15, -0.1) is 0 Å². The molecule has 0 atom stereocenters. The first-order chi connectivity index (χ1) is 9.31. The molecule has 0 saturated heterocycles. The first-order valence-corrected chi connectivity index (χ1v) is 7.21. The summed E-state index contributed by atoms with van der Waals surface area (Å²) in [6, 6.07) is 0. The van der Waals surface area contributed by atoms with Crippen molar-refractivity contribution in [3.05, 3.63) is 0 Å². The largest absolute Gasteiger partial charge is 0.468 e. The Morgan fingerprint density at radius 1 is 1.10 bits per heavy atom. The molecule has 3 nitrogen and oxygen atoms in total. The summed E-state index contributed by atoms with van der Waals surface area (Å²) in [6.45, 7) is -1.14. The summed E-state index contributed by atoms with van der Waals surface area (Å²) in [6.07, 6.45) is 2.87. The van der Waals surface area contributed by atoms with Crippen molar-refractivity contribution in [2.24, 2.45) is 5.41 Å². The highest BCUT2D eigenvalue weighted by Gasteiger charge is 2.49. The minimum atomic E-state index is -4.32. The van der Waals surface area contributed by atoms with Crippen LogP contribution in [-0.4, -0.2) is 31.3 Å². The van der Waals surface area contributed by atoms with E-state index in [1.165, 1.54) is 20.0 Å². The lowest BCUT2D eigenvalue weighted by Gasteiger charge is -2.43. The molecule has 1 spiro atoms. The predicted octanol–water partition coefficient (Wildman–Crippen LogP) is 3.18. The van der Waals surface area contributed by atoms with Gasteiger partial charge in [0, 0.05) is 0 Å². The van der Waals surface area contributed by atoms with Crippen molar-refractivity contribution in [2.75, 3.05) is 13.7 Å². The van der Waals surface area contributed by atoms with E-state index in [1.54, 1.807) is 0 Å². The third kappa shape index (κ3) is 3.27. The Morgan fingerprint density at radius 2 is 1.65 bits per heavy atom. The molecule has 0 aliphatic heterocycles. The van der Waals surface area contributed by atoms with E-state index in [-0.39, 0.29) is 5.41 Å².